The topological polar surface area (TPSA) is 49.3 Å². The van der Waals surface area contributed by atoms with Crippen molar-refractivity contribution in [3.63, 3.8) is 0 Å². The summed E-state index contributed by atoms with van der Waals surface area (Å²) in [4.78, 5) is 10.5. The van der Waals surface area contributed by atoms with Gasteiger partial charge in [0.05, 0.1) is 0 Å². The van der Waals surface area contributed by atoms with Gasteiger partial charge in [0, 0.05) is 22.2 Å². The molecule has 98 valence electrons. The van der Waals surface area contributed by atoms with E-state index in [0.29, 0.717) is 22.2 Å². The van der Waals surface area contributed by atoms with Gasteiger partial charge in [-0.05, 0) is 37.6 Å². The molecule has 0 radical (unpaired) electrons. The zero-order valence-corrected chi connectivity index (χ0v) is 11.6. The van der Waals surface area contributed by atoms with E-state index in [1.807, 2.05) is 6.07 Å². The normalized spacial score (nSPS) is 11.6. The summed E-state index contributed by atoms with van der Waals surface area (Å²) in [5, 5.41) is 13.1. The zero-order valence-electron chi connectivity index (χ0n) is 10.0. The molecular weight excluding hydrogens is 273 g/mol. The van der Waals surface area contributed by atoms with Gasteiger partial charge in [-0.2, -0.15) is 0 Å². The largest absolute Gasteiger partial charge is 0.478 e. The second-order valence-electron chi connectivity index (χ2n) is 3.88. The number of carboxylic acid groups (broad SMARTS) is 1. The second-order valence-corrected chi connectivity index (χ2v) is 4.73. The van der Waals surface area contributed by atoms with Crippen molar-refractivity contribution < 1.29 is 9.90 Å². The van der Waals surface area contributed by atoms with E-state index in [0.717, 1.165) is 18.5 Å². The van der Waals surface area contributed by atoms with Gasteiger partial charge in [0.15, 0.2) is 0 Å². The molecule has 18 heavy (non-hydrogen) atoms. The minimum atomic E-state index is -0.891. The Hall–Kier alpha value is -1.03. The Bertz CT molecular complexity index is 458. The monoisotopic (exact) mass is 287 g/mol. The van der Waals surface area contributed by atoms with Crippen molar-refractivity contribution in [2.45, 2.75) is 13.3 Å². The Morgan fingerprint density at radius 2 is 2.17 bits per heavy atom. The van der Waals surface area contributed by atoms with Crippen LogP contribution in [0.4, 0.5) is 0 Å². The lowest BCUT2D eigenvalue weighted by molar-refractivity contribution is -0.132. The van der Waals surface area contributed by atoms with Gasteiger partial charge in [-0.3, -0.25) is 0 Å². The molecule has 0 aliphatic carbocycles. The van der Waals surface area contributed by atoms with Crippen molar-refractivity contribution >= 4 is 29.2 Å². The van der Waals surface area contributed by atoms with Crippen LogP contribution in [0, 0.1) is 0 Å². The van der Waals surface area contributed by atoms with E-state index in [-0.39, 0.29) is 0 Å². The summed E-state index contributed by atoms with van der Waals surface area (Å²) in [6.07, 6.45) is 2.42. The first-order valence-corrected chi connectivity index (χ1v) is 6.31. The van der Waals surface area contributed by atoms with Gasteiger partial charge >= 0.3 is 5.97 Å². The molecule has 0 heterocycles. The fraction of sp³-hybridized carbons (Fsp3) is 0.308. The molecule has 0 unspecified atom stereocenters. The van der Waals surface area contributed by atoms with Gasteiger partial charge in [0.2, 0.25) is 0 Å². The van der Waals surface area contributed by atoms with Crippen LogP contribution in [0.3, 0.4) is 0 Å². The summed E-state index contributed by atoms with van der Waals surface area (Å²) in [6.45, 7) is 2.83. The first-order chi connectivity index (χ1) is 8.50. The smallest absolute Gasteiger partial charge is 0.330 e. The number of hydrogen-bond acceptors (Lipinski definition) is 2. The Balaban J connectivity index is 2.34. The van der Waals surface area contributed by atoms with Crippen LogP contribution in [0.5, 0.6) is 0 Å². The molecule has 5 heteroatoms. The molecule has 3 nitrogen and oxygen atoms in total. The molecule has 0 aliphatic heterocycles. The third kappa shape index (κ3) is 5.08. The highest BCUT2D eigenvalue weighted by molar-refractivity contribution is 6.35. The highest BCUT2D eigenvalue weighted by atomic mass is 35.5. The fourth-order valence-corrected chi connectivity index (χ4v) is 1.87. The van der Waals surface area contributed by atoms with Gasteiger partial charge in [-0.1, -0.05) is 35.3 Å². The number of hydrogen-bond donors (Lipinski definition) is 2. The fourth-order valence-electron chi connectivity index (χ4n) is 1.36. The van der Waals surface area contributed by atoms with E-state index >= 15 is 0 Å². The Morgan fingerprint density at radius 3 is 2.78 bits per heavy atom. The average molecular weight is 288 g/mol. The van der Waals surface area contributed by atoms with Crippen LogP contribution in [-0.4, -0.2) is 24.2 Å². The summed E-state index contributed by atoms with van der Waals surface area (Å²) >= 11 is 11.8. The highest BCUT2D eigenvalue weighted by Gasteiger charge is 2.01. The Labute approximate surface area is 116 Å². The number of nitrogens with one attached hydrogen (secondary N) is 1. The minimum Gasteiger partial charge on any atom is -0.478 e. The van der Waals surface area contributed by atoms with Crippen molar-refractivity contribution in [3.8, 4) is 0 Å². The van der Waals surface area contributed by atoms with Crippen LogP contribution in [-0.2, 0) is 11.2 Å². The summed E-state index contributed by atoms with van der Waals surface area (Å²) in [5.41, 5.74) is 1.36. The van der Waals surface area contributed by atoms with Crippen molar-refractivity contribution in [2.24, 2.45) is 0 Å². The number of aliphatic carboxylic acids is 1. The summed E-state index contributed by atoms with van der Waals surface area (Å²) < 4.78 is 0. The standard InChI is InChI=1S/C13H15Cl2NO2/c1-9(13(17)18)4-6-16-7-5-10-2-3-11(14)8-12(10)15/h2-4,8,16H,5-7H2,1H3,(H,17,18)/b9-4-. The molecule has 0 aromatic heterocycles. The number of carbonyl (C=O) groups is 1. The van der Waals surface area contributed by atoms with E-state index in [4.69, 9.17) is 28.3 Å². The van der Waals surface area contributed by atoms with Crippen LogP contribution < -0.4 is 5.32 Å². The van der Waals surface area contributed by atoms with Gasteiger partial charge in [-0.25, -0.2) is 4.79 Å². The lowest BCUT2D eigenvalue weighted by atomic mass is 10.1. The van der Waals surface area contributed by atoms with Gasteiger partial charge in [0.25, 0.3) is 0 Å². The van der Waals surface area contributed by atoms with Crippen molar-refractivity contribution in [2.75, 3.05) is 13.1 Å². The first-order valence-electron chi connectivity index (χ1n) is 5.55. The van der Waals surface area contributed by atoms with Gasteiger partial charge in [-0.15, -0.1) is 0 Å². The van der Waals surface area contributed by atoms with Crippen molar-refractivity contribution in [1.29, 1.82) is 0 Å². The van der Waals surface area contributed by atoms with Crippen LogP contribution in [0.15, 0.2) is 29.8 Å². The van der Waals surface area contributed by atoms with Crippen LogP contribution >= 0.6 is 23.2 Å². The third-order valence-electron chi connectivity index (χ3n) is 2.48. The zero-order chi connectivity index (χ0) is 13.5. The molecule has 0 atom stereocenters. The Kier molecular flexibility index (Phi) is 6.19. The minimum absolute atomic E-state index is 0.340. The quantitative estimate of drug-likeness (QED) is 0.624. The predicted octanol–water partition coefficient (Wildman–Crippen LogP) is 3.16. The number of rotatable bonds is 6. The molecule has 0 bridgehead atoms. The van der Waals surface area contributed by atoms with E-state index < -0.39 is 5.97 Å². The molecule has 0 aliphatic rings. The summed E-state index contributed by atoms with van der Waals surface area (Å²) in [5.74, 6) is -0.891. The predicted molar refractivity (Wildman–Crippen MR) is 74.4 cm³/mol. The molecule has 0 fully saturated rings. The van der Waals surface area contributed by atoms with Crippen molar-refractivity contribution in [1.82, 2.24) is 5.32 Å². The maximum absolute atomic E-state index is 10.5. The summed E-state index contributed by atoms with van der Waals surface area (Å²) in [6, 6.07) is 5.41. The van der Waals surface area contributed by atoms with E-state index in [9.17, 15) is 4.79 Å². The molecular formula is C13H15Cl2NO2. The van der Waals surface area contributed by atoms with Crippen LogP contribution in [0.1, 0.15) is 12.5 Å². The average Bonchev–Trinajstić information content (AvgIpc) is 2.30. The third-order valence-corrected chi connectivity index (χ3v) is 3.06. The molecule has 0 saturated carbocycles. The lowest BCUT2D eigenvalue weighted by Crippen LogP contribution is -2.18. The van der Waals surface area contributed by atoms with E-state index in [2.05, 4.69) is 5.32 Å². The SMILES string of the molecule is C/C(=C/CNCCc1ccc(Cl)cc1Cl)C(=O)O. The second kappa shape index (κ2) is 7.41. The number of carboxylic acids is 1. The highest BCUT2D eigenvalue weighted by Crippen LogP contribution is 2.20. The Morgan fingerprint density at radius 1 is 1.44 bits per heavy atom. The number of benzene rings is 1. The maximum Gasteiger partial charge on any atom is 0.330 e. The molecule has 0 saturated heterocycles. The van der Waals surface area contributed by atoms with Crippen molar-refractivity contribution in [3.05, 3.63) is 45.5 Å². The van der Waals surface area contributed by atoms with E-state index in [1.165, 1.54) is 0 Å². The van der Waals surface area contributed by atoms with E-state index in [1.54, 1.807) is 25.1 Å². The molecule has 1 aromatic carbocycles. The van der Waals surface area contributed by atoms with Gasteiger partial charge in [0.1, 0.15) is 0 Å². The summed E-state index contributed by atoms with van der Waals surface area (Å²) in [7, 11) is 0. The molecule has 0 amide bonds. The first kappa shape index (κ1) is 15.0. The molecule has 2 N–H and O–H groups in total. The number of halogens is 2. The molecule has 1 rings (SSSR count). The maximum atomic E-state index is 10.5. The van der Waals surface area contributed by atoms with Crippen LogP contribution in [0.2, 0.25) is 10.0 Å². The molecule has 1 aromatic rings. The lowest BCUT2D eigenvalue weighted by Gasteiger charge is -2.05. The molecule has 0 spiro atoms. The van der Waals surface area contributed by atoms with Crippen LogP contribution in [0.25, 0.3) is 0 Å². The van der Waals surface area contributed by atoms with Gasteiger partial charge < -0.3 is 10.4 Å².